The lowest BCUT2D eigenvalue weighted by Crippen LogP contribution is -2.00. The molecule has 0 spiro atoms. The number of halogens is 1. The molecule has 0 radical (unpaired) electrons. The van der Waals surface area contributed by atoms with Crippen LogP contribution in [-0.2, 0) is 9.53 Å². The first-order valence-corrected chi connectivity index (χ1v) is 4.90. The van der Waals surface area contributed by atoms with Crippen molar-refractivity contribution >= 4 is 17.6 Å². The molecule has 0 saturated heterocycles. The zero-order valence-corrected chi connectivity index (χ0v) is 8.88. The Morgan fingerprint density at radius 1 is 1.50 bits per heavy atom. The number of methoxy groups -OCH3 is 1. The molecule has 2 nitrogen and oxygen atoms in total. The second-order valence-corrected chi connectivity index (χ2v) is 3.40. The Labute approximate surface area is 88.9 Å². The number of ether oxygens (including phenoxy) is 1. The van der Waals surface area contributed by atoms with Gasteiger partial charge in [0.05, 0.1) is 7.11 Å². The van der Waals surface area contributed by atoms with Gasteiger partial charge in [-0.2, -0.15) is 0 Å². The number of hydrogen-bond donors (Lipinski definition) is 0. The molecule has 76 valence electrons. The molecule has 0 heterocycles. The lowest BCUT2D eigenvalue weighted by molar-refractivity contribution is -0.140. The molecule has 0 aromatic carbocycles. The van der Waals surface area contributed by atoms with E-state index in [1.54, 1.807) is 0 Å². The normalized spacial score (nSPS) is 15.6. The zero-order valence-electron chi connectivity index (χ0n) is 8.13. The highest BCUT2D eigenvalue weighted by molar-refractivity contribution is 6.31. The maximum Gasteiger partial charge on any atom is 0.305 e. The molecule has 0 unspecified atom stereocenters. The fourth-order valence-electron chi connectivity index (χ4n) is 1.19. The van der Waals surface area contributed by atoms with Gasteiger partial charge < -0.3 is 4.74 Å². The summed E-state index contributed by atoms with van der Waals surface area (Å²) in [6, 6.07) is 0. The molecule has 0 saturated carbocycles. The van der Waals surface area contributed by atoms with Gasteiger partial charge in [0.1, 0.15) is 0 Å². The summed E-state index contributed by atoms with van der Waals surface area (Å²) in [5.74, 6) is -0.205. The summed E-state index contributed by atoms with van der Waals surface area (Å²) in [6.45, 7) is 0. The van der Waals surface area contributed by atoms with E-state index in [1.165, 1.54) is 7.11 Å². The van der Waals surface area contributed by atoms with Crippen molar-refractivity contribution in [2.24, 2.45) is 0 Å². The maximum absolute atomic E-state index is 10.9. The number of hydrogen-bond acceptors (Lipinski definition) is 2. The van der Waals surface area contributed by atoms with Crippen molar-refractivity contribution in [1.29, 1.82) is 0 Å². The van der Waals surface area contributed by atoms with Crippen LogP contribution in [0.4, 0.5) is 0 Å². The van der Waals surface area contributed by atoms with Gasteiger partial charge in [0.15, 0.2) is 0 Å². The number of allylic oxidation sites excluding steroid dienone is 6. The van der Waals surface area contributed by atoms with Gasteiger partial charge in [-0.25, -0.2) is 0 Å². The minimum Gasteiger partial charge on any atom is -0.469 e. The van der Waals surface area contributed by atoms with Crippen molar-refractivity contribution in [3.63, 3.8) is 0 Å². The summed E-state index contributed by atoms with van der Waals surface area (Å²) in [7, 11) is 1.39. The van der Waals surface area contributed by atoms with Crippen molar-refractivity contribution in [2.75, 3.05) is 7.11 Å². The van der Waals surface area contributed by atoms with Crippen LogP contribution in [0.15, 0.2) is 34.9 Å². The van der Waals surface area contributed by atoms with E-state index in [0.717, 1.165) is 12.0 Å². The molecular formula is C11H13ClO2. The van der Waals surface area contributed by atoms with Crippen molar-refractivity contribution < 1.29 is 9.53 Å². The molecule has 0 atom stereocenters. The Morgan fingerprint density at radius 2 is 2.21 bits per heavy atom. The molecule has 0 aromatic rings. The second kappa shape index (κ2) is 5.66. The van der Waals surface area contributed by atoms with Gasteiger partial charge in [-0.1, -0.05) is 29.8 Å². The third kappa shape index (κ3) is 3.38. The minimum absolute atomic E-state index is 0.205. The van der Waals surface area contributed by atoms with Crippen molar-refractivity contribution in [2.45, 2.75) is 19.3 Å². The summed E-state index contributed by atoms with van der Waals surface area (Å²) >= 11 is 6.00. The maximum atomic E-state index is 10.9. The zero-order chi connectivity index (χ0) is 10.4. The van der Waals surface area contributed by atoms with Gasteiger partial charge in [0.25, 0.3) is 0 Å². The van der Waals surface area contributed by atoms with Crippen LogP contribution < -0.4 is 0 Å². The first-order valence-electron chi connectivity index (χ1n) is 4.52. The van der Waals surface area contributed by atoms with E-state index in [-0.39, 0.29) is 5.97 Å². The Hall–Kier alpha value is -1.02. The quantitative estimate of drug-likeness (QED) is 0.673. The molecule has 3 heteroatoms. The molecule has 0 aromatic heterocycles. The highest BCUT2D eigenvalue weighted by Gasteiger charge is 2.05. The fourth-order valence-corrected chi connectivity index (χ4v) is 1.44. The summed E-state index contributed by atoms with van der Waals surface area (Å²) in [4.78, 5) is 10.9. The predicted molar refractivity (Wildman–Crippen MR) is 57.0 cm³/mol. The SMILES string of the molecule is COC(=O)CCC1=C(Cl)C=CCC=C1. The number of esters is 1. The third-order valence-electron chi connectivity index (χ3n) is 1.99. The van der Waals surface area contributed by atoms with E-state index in [2.05, 4.69) is 4.74 Å². The summed E-state index contributed by atoms with van der Waals surface area (Å²) in [5, 5.41) is 0.711. The van der Waals surface area contributed by atoms with Gasteiger partial charge in [0, 0.05) is 11.5 Å². The van der Waals surface area contributed by atoms with Gasteiger partial charge in [-0.05, 0) is 24.5 Å². The molecule has 0 bridgehead atoms. The highest BCUT2D eigenvalue weighted by Crippen LogP contribution is 2.20. The molecular weight excluding hydrogens is 200 g/mol. The van der Waals surface area contributed by atoms with Crippen molar-refractivity contribution in [1.82, 2.24) is 0 Å². The van der Waals surface area contributed by atoms with E-state index in [4.69, 9.17) is 11.6 Å². The summed E-state index contributed by atoms with van der Waals surface area (Å²) in [6.07, 6.45) is 9.74. The van der Waals surface area contributed by atoms with E-state index in [0.29, 0.717) is 17.9 Å². The second-order valence-electron chi connectivity index (χ2n) is 2.99. The van der Waals surface area contributed by atoms with Crippen LogP contribution in [0.25, 0.3) is 0 Å². The number of rotatable bonds is 3. The van der Waals surface area contributed by atoms with E-state index in [1.807, 2.05) is 24.3 Å². The smallest absolute Gasteiger partial charge is 0.305 e. The van der Waals surface area contributed by atoms with Crippen LogP contribution in [0.2, 0.25) is 0 Å². The first-order chi connectivity index (χ1) is 6.74. The van der Waals surface area contributed by atoms with Crippen molar-refractivity contribution in [3.05, 3.63) is 34.9 Å². The van der Waals surface area contributed by atoms with E-state index < -0.39 is 0 Å². The Bertz CT molecular complexity index is 300. The highest BCUT2D eigenvalue weighted by atomic mass is 35.5. The fraction of sp³-hybridized carbons (Fsp3) is 0.364. The van der Waals surface area contributed by atoms with Crippen LogP contribution in [0.1, 0.15) is 19.3 Å². The number of carbonyl (C=O) groups is 1. The topological polar surface area (TPSA) is 26.3 Å². The van der Waals surface area contributed by atoms with Crippen LogP contribution in [0.3, 0.4) is 0 Å². The molecule has 0 N–H and O–H groups in total. The third-order valence-corrected chi connectivity index (χ3v) is 2.36. The first kappa shape index (κ1) is 11.1. The minimum atomic E-state index is -0.205. The molecule has 14 heavy (non-hydrogen) atoms. The lowest BCUT2D eigenvalue weighted by atomic mass is 10.1. The predicted octanol–water partition coefficient (Wildman–Crippen LogP) is 2.95. The number of carbonyl (C=O) groups excluding carboxylic acids is 1. The van der Waals surface area contributed by atoms with Gasteiger partial charge in [-0.15, -0.1) is 0 Å². The molecule has 0 amide bonds. The summed E-state index contributed by atoms with van der Waals surface area (Å²) in [5.41, 5.74) is 0.991. The van der Waals surface area contributed by atoms with Gasteiger partial charge in [0.2, 0.25) is 0 Å². The van der Waals surface area contributed by atoms with Gasteiger partial charge >= 0.3 is 5.97 Å². The molecule has 0 fully saturated rings. The average molecular weight is 213 g/mol. The van der Waals surface area contributed by atoms with Gasteiger partial charge in [-0.3, -0.25) is 4.79 Å². The Morgan fingerprint density at radius 3 is 2.93 bits per heavy atom. The standard InChI is InChI=1S/C11H13ClO2/c1-14-11(13)8-7-9-5-3-2-4-6-10(9)12/h3-6H,2,7-8H2,1H3. The van der Waals surface area contributed by atoms with E-state index in [9.17, 15) is 4.79 Å². The van der Waals surface area contributed by atoms with Crippen LogP contribution in [0.5, 0.6) is 0 Å². The largest absolute Gasteiger partial charge is 0.469 e. The van der Waals surface area contributed by atoms with Crippen LogP contribution in [0, 0.1) is 0 Å². The Kier molecular flexibility index (Phi) is 4.47. The monoisotopic (exact) mass is 212 g/mol. The lowest BCUT2D eigenvalue weighted by Gasteiger charge is -2.02. The van der Waals surface area contributed by atoms with E-state index >= 15 is 0 Å². The molecule has 1 aliphatic rings. The molecule has 1 aliphatic carbocycles. The average Bonchev–Trinajstić information content (AvgIpc) is 2.39. The van der Waals surface area contributed by atoms with Crippen molar-refractivity contribution in [3.8, 4) is 0 Å². The molecule has 1 rings (SSSR count). The Balaban J connectivity index is 2.58. The molecule has 0 aliphatic heterocycles. The van der Waals surface area contributed by atoms with Crippen LogP contribution in [-0.4, -0.2) is 13.1 Å². The van der Waals surface area contributed by atoms with Crippen LogP contribution >= 0.6 is 11.6 Å². The summed E-state index contributed by atoms with van der Waals surface area (Å²) < 4.78 is 4.56.